The van der Waals surface area contributed by atoms with Crippen molar-refractivity contribution in [3.63, 3.8) is 0 Å². The number of nitrogens with one attached hydrogen (secondary N) is 1. The first-order valence-electron chi connectivity index (χ1n) is 5.81. The van der Waals surface area contributed by atoms with Crippen LogP contribution in [0.15, 0.2) is 42.5 Å². The lowest BCUT2D eigenvalue weighted by Gasteiger charge is -2.10. The fourth-order valence-corrected chi connectivity index (χ4v) is 1.76. The van der Waals surface area contributed by atoms with Crippen molar-refractivity contribution in [2.75, 3.05) is 12.4 Å². The predicted molar refractivity (Wildman–Crippen MR) is 72.1 cm³/mol. The summed E-state index contributed by atoms with van der Waals surface area (Å²) in [6.07, 6.45) is 0. The molecule has 0 fully saturated rings. The van der Waals surface area contributed by atoms with E-state index in [0.717, 1.165) is 5.56 Å². The van der Waals surface area contributed by atoms with Crippen LogP contribution in [0.4, 0.5) is 10.1 Å². The quantitative estimate of drug-likeness (QED) is 0.917. The molecule has 2 aromatic rings. The summed E-state index contributed by atoms with van der Waals surface area (Å²) in [6.45, 7) is 1.89. The average molecular weight is 259 g/mol. The standard InChI is InChI=1S/C15H14FNO2/c1-10-6-7-14(19-2)13(8-10)15(18)17-12-5-3-4-11(16)9-12/h3-9H,1-2H3,(H,17,18). The van der Waals surface area contributed by atoms with Crippen LogP contribution in [0.25, 0.3) is 0 Å². The predicted octanol–water partition coefficient (Wildman–Crippen LogP) is 3.40. The lowest BCUT2D eigenvalue weighted by molar-refractivity contribution is 0.102. The number of carbonyl (C=O) groups is 1. The van der Waals surface area contributed by atoms with Gasteiger partial charge in [0.1, 0.15) is 11.6 Å². The van der Waals surface area contributed by atoms with Gasteiger partial charge in [0.2, 0.25) is 0 Å². The van der Waals surface area contributed by atoms with E-state index in [9.17, 15) is 9.18 Å². The van der Waals surface area contributed by atoms with Gasteiger partial charge in [-0.2, -0.15) is 0 Å². The van der Waals surface area contributed by atoms with E-state index in [1.807, 2.05) is 13.0 Å². The molecular formula is C15H14FNO2. The molecule has 0 aromatic heterocycles. The molecule has 2 rings (SSSR count). The van der Waals surface area contributed by atoms with Gasteiger partial charge >= 0.3 is 0 Å². The van der Waals surface area contributed by atoms with Crippen molar-refractivity contribution in [1.82, 2.24) is 0 Å². The second kappa shape index (κ2) is 5.52. The van der Waals surface area contributed by atoms with Crippen LogP contribution < -0.4 is 10.1 Å². The molecule has 0 spiro atoms. The van der Waals surface area contributed by atoms with Gasteiger partial charge in [0.05, 0.1) is 12.7 Å². The third kappa shape index (κ3) is 3.10. The van der Waals surface area contributed by atoms with Gasteiger partial charge < -0.3 is 10.1 Å². The average Bonchev–Trinajstić information content (AvgIpc) is 2.38. The smallest absolute Gasteiger partial charge is 0.259 e. The minimum atomic E-state index is -0.394. The zero-order valence-electron chi connectivity index (χ0n) is 10.7. The highest BCUT2D eigenvalue weighted by Gasteiger charge is 2.12. The normalized spacial score (nSPS) is 10.1. The molecule has 1 amide bonds. The number of benzene rings is 2. The van der Waals surface area contributed by atoms with Crippen LogP contribution in [-0.4, -0.2) is 13.0 Å². The van der Waals surface area contributed by atoms with E-state index in [2.05, 4.69) is 5.32 Å². The Bertz CT molecular complexity index is 611. The molecule has 0 aliphatic heterocycles. The van der Waals surface area contributed by atoms with Gasteiger partial charge in [-0.1, -0.05) is 17.7 Å². The number of methoxy groups -OCH3 is 1. The van der Waals surface area contributed by atoms with Crippen LogP contribution in [0.3, 0.4) is 0 Å². The summed E-state index contributed by atoms with van der Waals surface area (Å²) in [7, 11) is 1.50. The Balaban J connectivity index is 2.27. The molecular weight excluding hydrogens is 245 g/mol. The molecule has 0 atom stereocenters. The lowest BCUT2D eigenvalue weighted by atomic mass is 10.1. The summed E-state index contributed by atoms with van der Waals surface area (Å²) >= 11 is 0. The Morgan fingerprint density at radius 1 is 1.21 bits per heavy atom. The van der Waals surface area contributed by atoms with Gasteiger partial charge in [-0.25, -0.2) is 4.39 Å². The summed E-state index contributed by atoms with van der Waals surface area (Å²) in [4.78, 5) is 12.1. The topological polar surface area (TPSA) is 38.3 Å². The molecule has 3 nitrogen and oxygen atoms in total. The first kappa shape index (κ1) is 13.1. The molecule has 0 saturated heterocycles. The third-order valence-corrected chi connectivity index (χ3v) is 2.68. The van der Waals surface area contributed by atoms with E-state index >= 15 is 0 Å². The zero-order valence-corrected chi connectivity index (χ0v) is 10.7. The number of anilines is 1. The van der Waals surface area contributed by atoms with Crippen molar-refractivity contribution < 1.29 is 13.9 Å². The lowest BCUT2D eigenvalue weighted by Crippen LogP contribution is -2.13. The Labute approximate surface area is 111 Å². The molecule has 19 heavy (non-hydrogen) atoms. The van der Waals surface area contributed by atoms with E-state index in [4.69, 9.17) is 4.74 Å². The molecule has 2 aromatic carbocycles. The third-order valence-electron chi connectivity index (χ3n) is 2.68. The van der Waals surface area contributed by atoms with E-state index in [0.29, 0.717) is 17.0 Å². The van der Waals surface area contributed by atoms with E-state index in [1.165, 1.54) is 19.2 Å². The number of hydrogen-bond donors (Lipinski definition) is 1. The Morgan fingerprint density at radius 2 is 2.00 bits per heavy atom. The number of halogens is 1. The van der Waals surface area contributed by atoms with Crippen molar-refractivity contribution in [2.45, 2.75) is 6.92 Å². The number of hydrogen-bond acceptors (Lipinski definition) is 2. The van der Waals surface area contributed by atoms with Crippen molar-refractivity contribution in [2.24, 2.45) is 0 Å². The van der Waals surface area contributed by atoms with Gasteiger partial charge in [-0.15, -0.1) is 0 Å². The van der Waals surface area contributed by atoms with E-state index < -0.39 is 5.82 Å². The van der Waals surface area contributed by atoms with Gasteiger partial charge in [0, 0.05) is 5.69 Å². The maximum Gasteiger partial charge on any atom is 0.259 e. The summed E-state index contributed by atoms with van der Waals surface area (Å²) < 4.78 is 18.2. The van der Waals surface area contributed by atoms with Crippen LogP contribution in [0.2, 0.25) is 0 Å². The van der Waals surface area contributed by atoms with Crippen LogP contribution in [0.1, 0.15) is 15.9 Å². The SMILES string of the molecule is COc1ccc(C)cc1C(=O)Nc1cccc(F)c1. The van der Waals surface area contributed by atoms with Crippen molar-refractivity contribution in [3.05, 3.63) is 59.4 Å². The summed E-state index contributed by atoms with van der Waals surface area (Å²) in [5, 5.41) is 2.64. The number of ether oxygens (including phenoxy) is 1. The summed E-state index contributed by atoms with van der Waals surface area (Å²) in [6, 6.07) is 11.1. The molecule has 0 bridgehead atoms. The molecule has 0 saturated carbocycles. The molecule has 4 heteroatoms. The number of carbonyl (C=O) groups excluding carboxylic acids is 1. The van der Waals surface area contributed by atoms with Gasteiger partial charge in [-0.3, -0.25) is 4.79 Å². The molecule has 0 aliphatic rings. The molecule has 0 radical (unpaired) electrons. The van der Waals surface area contributed by atoms with Crippen molar-refractivity contribution in [1.29, 1.82) is 0 Å². The van der Waals surface area contributed by atoms with Crippen molar-refractivity contribution >= 4 is 11.6 Å². The van der Waals surface area contributed by atoms with Crippen LogP contribution in [0.5, 0.6) is 5.75 Å². The summed E-state index contributed by atoms with van der Waals surface area (Å²) in [5.74, 6) is -0.236. The maximum absolute atomic E-state index is 13.1. The highest BCUT2D eigenvalue weighted by molar-refractivity contribution is 6.06. The maximum atomic E-state index is 13.1. The fraction of sp³-hybridized carbons (Fsp3) is 0.133. The number of rotatable bonds is 3. The van der Waals surface area contributed by atoms with E-state index in [-0.39, 0.29) is 5.91 Å². The van der Waals surface area contributed by atoms with Crippen LogP contribution in [0, 0.1) is 12.7 Å². The van der Waals surface area contributed by atoms with Gasteiger partial charge in [0.15, 0.2) is 0 Å². The number of amides is 1. The van der Waals surface area contributed by atoms with E-state index in [1.54, 1.807) is 24.3 Å². The monoisotopic (exact) mass is 259 g/mol. The summed E-state index contributed by atoms with van der Waals surface area (Å²) in [5.41, 5.74) is 1.78. The molecule has 0 heterocycles. The highest BCUT2D eigenvalue weighted by Crippen LogP contribution is 2.21. The minimum Gasteiger partial charge on any atom is -0.496 e. The van der Waals surface area contributed by atoms with Crippen molar-refractivity contribution in [3.8, 4) is 5.75 Å². The Hall–Kier alpha value is -2.36. The molecule has 98 valence electrons. The molecule has 0 aliphatic carbocycles. The van der Waals surface area contributed by atoms with Gasteiger partial charge in [0.25, 0.3) is 5.91 Å². The Kier molecular flexibility index (Phi) is 3.80. The first-order chi connectivity index (χ1) is 9.10. The van der Waals surface area contributed by atoms with Crippen LogP contribution in [-0.2, 0) is 0 Å². The Morgan fingerprint density at radius 3 is 2.68 bits per heavy atom. The highest BCUT2D eigenvalue weighted by atomic mass is 19.1. The first-order valence-corrected chi connectivity index (χ1v) is 5.81. The largest absolute Gasteiger partial charge is 0.496 e. The second-order valence-electron chi connectivity index (χ2n) is 4.17. The fourth-order valence-electron chi connectivity index (χ4n) is 1.76. The van der Waals surface area contributed by atoms with Crippen LogP contribution >= 0.6 is 0 Å². The van der Waals surface area contributed by atoms with Gasteiger partial charge in [-0.05, 0) is 37.3 Å². The molecule has 1 N–H and O–H groups in total. The zero-order chi connectivity index (χ0) is 13.8. The second-order valence-corrected chi connectivity index (χ2v) is 4.17. The minimum absolute atomic E-state index is 0.328. The number of aryl methyl sites for hydroxylation is 1. The molecule has 0 unspecified atom stereocenters.